The summed E-state index contributed by atoms with van der Waals surface area (Å²) in [6.45, 7) is 7.58. The highest BCUT2D eigenvalue weighted by atomic mass is 16.4. The van der Waals surface area contributed by atoms with Crippen LogP contribution >= 0.6 is 0 Å². The van der Waals surface area contributed by atoms with Crippen molar-refractivity contribution in [1.82, 2.24) is 0 Å². The molecule has 6 nitrogen and oxygen atoms in total. The van der Waals surface area contributed by atoms with Gasteiger partial charge in [0.1, 0.15) is 22.7 Å². The lowest BCUT2D eigenvalue weighted by Crippen LogP contribution is -2.21. The van der Waals surface area contributed by atoms with Gasteiger partial charge in [0.15, 0.2) is 0 Å². The quantitative estimate of drug-likeness (QED) is 0.248. The fourth-order valence-electron chi connectivity index (χ4n) is 5.38. The number of aryl methyl sites for hydroxylation is 4. The minimum absolute atomic E-state index is 0.145. The molecule has 4 aromatic carbocycles. The summed E-state index contributed by atoms with van der Waals surface area (Å²) in [5.41, 5.74) is 2.73. The van der Waals surface area contributed by atoms with Crippen LogP contribution in [0.25, 0.3) is 32.7 Å². The maximum Gasteiger partial charge on any atom is 0.344 e. The third-order valence-corrected chi connectivity index (χ3v) is 7.77. The maximum absolute atomic E-state index is 13.6. The zero-order valence-electron chi connectivity index (χ0n) is 22.0. The summed E-state index contributed by atoms with van der Waals surface area (Å²) in [7, 11) is 0. The average molecular weight is 519 g/mol. The van der Waals surface area contributed by atoms with Crippen molar-refractivity contribution in [2.45, 2.75) is 33.6 Å². The summed E-state index contributed by atoms with van der Waals surface area (Å²) >= 11 is 0. The van der Waals surface area contributed by atoms with Crippen LogP contribution in [0.4, 0.5) is 0 Å². The van der Waals surface area contributed by atoms with Crippen LogP contribution in [-0.4, -0.2) is 10.2 Å². The molecule has 6 aromatic rings. The lowest BCUT2D eigenvalue weighted by Gasteiger charge is -2.21. The summed E-state index contributed by atoms with van der Waals surface area (Å²) < 4.78 is 11.4. The largest absolute Gasteiger partial charge is 0.507 e. The Kier molecular flexibility index (Phi) is 5.57. The van der Waals surface area contributed by atoms with Gasteiger partial charge in [0.2, 0.25) is 0 Å². The van der Waals surface area contributed by atoms with E-state index in [-0.39, 0.29) is 33.8 Å². The van der Waals surface area contributed by atoms with Gasteiger partial charge in [-0.2, -0.15) is 0 Å². The molecule has 194 valence electrons. The molecule has 0 saturated heterocycles. The molecule has 0 aliphatic carbocycles. The normalized spacial score (nSPS) is 11.7. The standard InChI is InChI=1S/C33H26O6/c1-16-12-23-25(14-18(16)3)38-32(36)28(30(23)34)27(22-11-7-9-20-8-5-6-10-21(20)22)29-31(35)24-13-17(2)19(4)15-26(24)39-33(29)37/h5-15,27,34-35H,1-4H3. The van der Waals surface area contributed by atoms with E-state index in [1.807, 2.05) is 64.1 Å². The molecule has 39 heavy (non-hydrogen) atoms. The lowest BCUT2D eigenvalue weighted by molar-refractivity contribution is 0.441. The monoisotopic (exact) mass is 518 g/mol. The first-order valence-electron chi connectivity index (χ1n) is 12.7. The van der Waals surface area contributed by atoms with Gasteiger partial charge in [0.05, 0.1) is 27.8 Å². The minimum atomic E-state index is -1.18. The molecule has 6 heteroatoms. The Balaban J connectivity index is 1.79. The smallest absolute Gasteiger partial charge is 0.344 e. The molecule has 0 saturated carbocycles. The van der Waals surface area contributed by atoms with E-state index >= 15 is 0 Å². The Morgan fingerprint density at radius 2 is 1.05 bits per heavy atom. The van der Waals surface area contributed by atoms with E-state index in [2.05, 4.69) is 0 Å². The maximum atomic E-state index is 13.6. The number of aromatic hydroxyl groups is 2. The molecule has 0 aliphatic heterocycles. The average Bonchev–Trinajstić information content (AvgIpc) is 2.90. The molecule has 0 atom stereocenters. The Morgan fingerprint density at radius 1 is 0.590 bits per heavy atom. The fraction of sp³-hybridized carbons (Fsp3) is 0.152. The Labute approximate surface area is 223 Å². The van der Waals surface area contributed by atoms with Gasteiger partial charge in [-0.25, -0.2) is 9.59 Å². The molecule has 0 unspecified atom stereocenters. The van der Waals surface area contributed by atoms with Gasteiger partial charge in [-0.15, -0.1) is 0 Å². The van der Waals surface area contributed by atoms with Crippen LogP contribution in [0.5, 0.6) is 11.5 Å². The predicted molar refractivity (Wildman–Crippen MR) is 152 cm³/mol. The van der Waals surface area contributed by atoms with Gasteiger partial charge in [-0.3, -0.25) is 0 Å². The van der Waals surface area contributed by atoms with Crippen LogP contribution in [0.3, 0.4) is 0 Å². The van der Waals surface area contributed by atoms with Crippen molar-refractivity contribution in [2.75, 3.05) is 0 Å². The van der Waals surface area contributed by atoms with Gasteiger partial charge in [-0.1, -0.05) is 42.5 Å². The van der Waals surface area contributed by atoms with Crippen molar-refractivity contribution < 1.29 is 19.0 Å². The van der Waals surface area contributed by atoms with Crippen LogP contribution in [0.2, 0.25) is 0 Å². The summed E-state index contributed by atoms with van der Waals surface area (Å²) in [5.74, 6) is -1.79. The SMILES string of the molecule is Cc1cc2oc(=O)c(C(c3c(O)c4cc(C)c(C)cc4oc3=O)c3cccc4ccccc34)c(O)c2cc1C. The predicted octanol–water partition coefficient (Wildman–Crippen LogP) is 6.88. The number of hydrogen-bond acceptors (Lipinski definition) is 6. The Bertz CT molecular complexity index is 1960. The van der Waals surface area contributed by atoms with Crippen molar-refractivity contribution in [2.24, 2.45) is 0 Å². The first-order valence-corrected chi connectivity index (χ1v) is 12.7. The second-order valence-corrected chi connectivity index (χ2v) is 10.2. The van der Waals surface area contributed by atoms with E-state index in [1.54, 1.807) is 30.3 Å². The number of hydrogen-bond donors (Lipinski definition) is 2. The van der Waals surface area contributed by atoms with Crippen molar-refractivity contribution in [3.63, 3.8) is 0 Å². The number of rotatable bonds is 3. The molecule has 0 bridgehead atoms. The summed E-state index contributed by atoms with van der Waals surface area (Å²) in [5, 5.41) is 25.5. The van der Waals surface area contributed by atoms with Gasteiger partial charge in [0, 0.05) is 0 Å². The highest BCUT2D eigenvalue weighted by Crippen LogP contribution is 2.44. The minimum Gasteiger partial charge on any atom is -0.507 e. The fourth-order valence-corrected chi connectivity index (χ4v) is 5.38. The summed E-state index contributed by atoms with van der Waals surface area (Å²) in [6, 6.07) is 19.9. The molecular formula is C33H26O6. The van der Waals surface area contributed by atoms with E-state index in [0.717, 1.165) is 33.0 Å². The third-order valence-electron chi connectivity index (χ3n) is 7.77. The Hall–Kier alpha value is -4.84. The van der Waals surface area contributed by atoms with E-state index in [1.165, 1.54) is 0 Å². The molecular weight excluding hydrogens is 492 g/mol. The molecule has 2 aromatic heterocycles. The highest BCUT2D eigenvalue weighted by Gasteiger charge is 2.33. The van der Waals surface area contributed by atoms with Gasteiger partial charge < -0.3 is 19.0 Å². The lowest BCUT2D eigenvalue weighted by atomic mass is 9.82. The molecule has 0 amide bonds. The molecule has 2 heterocycles. The Morgan fingerprint density at radius 3 is 1.59 bits per heavy atom. The third kappa shape index (κ3) is 3.79. The van der Waals surface area contributed by atoms with Crippen molar-refractivity contribution in [3.8, 4) is 11.5 Å². The van der Waals surface area contributed by atoms with Gasteiger partial charge in [0.25, 0.3) is 0 Å². The van der Waals surface area contributed by atoms with Crippen LogP contribution < -0.4 is 11.3 Å². The van der Waals surface area contributed by atoms with Crippen LogP contribution in [0.1, 0.15) is 44.9 Å². The van der Waals surface area contributed by atoms with E-state index < -0.39 is 17.2 Å². The molecule has 0 aliphatic rings. The van der Waals surface area contributed by atoms with Crippen molar-refractivity contribution in [3.05, 3.63) is 127 Å². The topological polar surface area (TPSA) is 101 Å². The number of benzene rings is 4. The van der Waals surface area contributed by atoms with E-state index in [4.69, 9.17) is 8.83 Å². The van der Waals surface area contributed by atoms with E-state index in [9.17, 15) is 19.8 Å². The van der Waals surface area contributed by atoms with Crippen molar-refractivity contribution >= 4 is 32.7 Å². The molecule has 0 fully saturated rings. The zero-order valence-corrected chi connectivity index (χ0v) is 22.0. The van der Waals surface area contributed by atoms with Gasteiger partial charge in [-0.05, 0) is 90.6 Å². The molecule has 6 rings (SSSR count). The molecule has 0 spiro atoms. The number of fused-ring (bicyclic) bond motifs is 3. The van der Waals surface area contributed by atoms with Crippen LogP contribution in [-0.2, 0) is 0 Å². The first kappa shape index (κ1) is 24.5. The second kappa shape index (κ2) is 8.88. The zero-order chi connectivity index (χ0) is 27.6. The highest BCUT2D eigenvalue weighted by molar-refractivity contribution is 5.91. The van der Waals surface area contributed by atoms with E-state index in [0.29, 0.717) is 16.3 Å². The molecule has 0 radical (unpaired) electrons. The summed E-state index contributed by atoms with van der Waals surface area (Å²) in [4.78, 5) is 27.2. The summed E-state index contributed by atoms with van der Waals surface area (Å²) in [6.07, 6.45) is 0. The van der Waals surface area contributed by atoms with Gasteiger partial charge >= 0.3 is 11.3 Å². The second-order valence-electron chi connectivity index (χ2n) is 10.2. The van der Waals surface area contributed by atoms with Crippen LogP contribution in [0, 0.1) is 27.7 Å². The molecule has 2 N–H and O–H groups in total. The van der Waals surface area contributed by atoms with Crippen LogP contribution in [0.15, 0.2) is 85.2 Å². The van der Waals surface area contributed by atoms with Crippen molar-refractivity contribution in [1.29, 1.82) is 0 Å². The first-order chi connectivity index (χ1) is 18.7.